The molecule has 0 aliphatic carbocycles. The number of amides is 2. The van der Waals surface area contributed by atoms with E-state index in [9.17, 15) is 19.5 Å². The number of hydrogen-bond acceptors (Lipinski definition) is 9. The van der Waals surface area contributed by atoms with Crippen LogP contribution in [0, 0.1) is 0 Å². The average molecular weight is 444 g/mol. The lowest BCUT2D eigenvalue weighted by molar-refractivity contribution is -0.150. The van der Waals surface area contributed by atoms with Crippen LogP contribution in [-0.2, 0) is 19.2 Å². The van der Waals surface area contributed by atoms with Gasteiger partial charge < -0.3 is 21.0 Å². The van der Waals surface area contributed by atoms with Crippen LogP contribution in [0.5, 0.6) is 0 Å². The minimum Gasteiger partial charge on any atom is -0.477 e. The Labute approximate surface area is 172 Å². The van der Waals surface area contributed by atoms with E-state index >= 15 is 0 Å². The number of thiazole rings is 1. The highest BCUT2D eigenvalue weighted by molar-refractivity contribution is 8.00. The zero-order chi connectivity index (χ0) is 20.4. The van der Waals surface area contributed by atoms with Crippen LogP contribution in [0.4, 0.5) is 5.13 Å². The Kier molecular flexibility index (Phi) is 5.91. The van der Waals surface area contributed by atoms with Crippen molar-refractivity contribution in [3.05, 3.63) is 34.5 Å². The van der Waals surface area contributed by atoms with Gasteiger partial charge in [0.25, 0.3) is 11.8 Å². The first-order valence-electron chi connectivity index (χ1n) is 7.77. The van der Waals surface area contributed by atoms with Crippen LogP contribution in [0.2, 0.25) is 4.34 Å². The van der Waals surface area contributed by atoms with E-state index < -0.39 is 29.2 Å². The molecule has 148 valence electrons. The Morgan fingerprint density at radius 2 is 2.36 bits per heavy atom. The van der Waals surface area contributed by atoms with Gasteiger partial charge in [-0.15, -0.1) is 11.8 Å². The van der Waals surface area contributed by atoms with Gasteiger partial charge in [-0.2, -0.15) is 0 Å². The Hall–Kier alpha value is -2.57. The number of halogens is 1. The van der Waals surface area contributed by atoms with Gasteiger partial charge in [-0.05, 0) is 6.08 Å². The molecule has 0 spiro atoms. The van der Waals surface area contributed by atoms with Crippen LogP contribution in [0.25, 0.3) is 0 Å². The maximum Gasteiger partial charge on any atom is 0.352 e. The van der Waals surface area contributed by atoms with Gasteiger partial charge >= 0.3 is 5.97 Å². The second-order valence-corrected chi connectivity index (χ2v) is 8.26. The number of aliphatic carboxylic acids is 1. The van der Waals surface area contributed by atoms with E-state index in [4.69, 9.17) is 22.2 Å². The van der Waals surface area contributed by atoms with Crippen LogP contribution in [-0.4, -0.2) is 62.3 Å². The van der Waals surface area contributed by atoms with Crippen molar-refractivity contribution in [1.29, 1.82) is 0 Å². The Morgan fingerprint density at radius 1 is 1.61 bits per heavy atom. The molecule has 0 bridgehead atoms. The van der Waals surface area contributed by atoms with E-state index in [0.29, 0.717) is 5.75 Å². The number of nitrogens with two attached hydrogens (primary N) is 1. The molecule has 1 saturated heterocycles. The molecule has 0 saturated carbocycles. The topological polar surface area (TPSA) is 147 Å². The number of anilines is 1. The fourth-order valence-corrected chi connectivity index (χ4v) is 4.68. The van der Waals surface area contributed by atoms with Gasteiger partial charge in [0, 0.05) is 5.75 Å². The molecule has 0 aromatic carbocycles. The quantitative estimate of drug-likeness (QED) is 0.183. The predicted molar refractivity (Wildman–Crippen MR) is 105 cm³/mol. The highest BCUT2D eigenvalue weighted by Gasteiger charge is 2.53. The normalized spacial score (nSPS) is 21.3. The maximum absolute atomic E-state index is 12.7. The van der Waals surface area contributed by atoms with Gasteiger partial charge in [0.2, 0.25) is 0 Å². The van der Waals surface area contributed by atoms with Crippen LogP contribution in [0.1, 0.15) is 5.69 Å². The zero-order valence-corrected chi connectivity index (χ0v) is 16.5. The number of thioether (sulfide) groups is 1. The molecule has 0 radical (unpaired) electrons. The van der Waals surface area contributed by atoms with Crippen LogP contribution < -0.4 is 11.1 Å². The molecule has 1 unspecified atom stereocenters. The maximum atomic E-state index is 12.7. The molecule has 28 heavy (non-hydrogen) atoms. The largest absolute Gasteiger partial charge is 0.477 e. The highest BCUT2D eigenvalue weighted by Crippen LogP contribution is 2.37. The van der Waals surface area contributed by atoms with Crippen molar-refractivity contribution in [2.24, 2.45) is 5.16 Å². The fraction of sp³-hybridized carbons (Fsp3) is 0.267. The summed E-state index contributed by atoms with van der Waals surface area (Å²) in [4.78, 5) is 46.5. The lowest BCUT2D eigenvalue weighted by Crippen LogP contribution is -2.70. The number of nitrogens with zero attached hydrogens (tertiary/aromatic N) is 3. The lowest BCUT2D eigenvalue weighted by atomic mass is 10.0. The number of hydrogen-bond donors (Lipinski definition) is 3. The molecule has 3 heterocycles. The van der Waals surface area contributed by atoms with Crippen LogP contribution in [0.15, 0.2) is 29.6 Å². The summed E-state index contributed by atoms with van der Waals surface area (Å²) in [6.45, 7) is 3.52. The number of rotatable bonds is 7. The molecule has 1 aromatic rings. The second-order valence-electron chi connectivity index (χ2n) is 5.48. The third-order valence-electron chi connectivity index (χ3n) is 3.74. The molecule has 10 nitrogen and oxygen atoms in total. The fourth-order valence-electron chi connectivity index (χ4n) is 2.56. The summed E-state index contributed by atoms with van der Waals surface area (Å²) in [5.41, 5.74) is 5.29. The summed E-state index contributed by atoms with van der Waals surface area (Å²) in [5, 5.41) is 15.1. The van der Waals surface area contributed by atoms with Crippen LogP contribution in [0.3, 0.4) is 0 Å². The molecule has 2 atom stereocenters. The highest BCUT2D eigenvalue weighted by atomic mass is 35.5. The van der Waals surface area contributed by atoms with Gasteiger partial charge in [-0.25, -0.2) is 9.78 Å². The number of carboxylic acids is 1. The van der Waals surface area contributed by atoms with Gasteiger partial charge in [-0.3, -0.25) is 14.5 Å². The van der Waals surface area contributed by atoms with Crippen molar-refractivity contribution >= 4 is 63.3 Å². The standard InChI is InChI=1S/C15H14ClN5O5S2/c1-2-4-26-20-8(7-10(16)28-15(17)19-7)11(22)18-9-12(23)21-6(14(24)25)3-5-27-13(9)21/h2-3,9,13H,1,4-5H2,(H2,17,19)(H,18,22)(H,24,25)/b20-8+/t9?,13-/m1/s1. The lowest BCUT2D eigenvalue weighted by Gasteiger charge is -2.48. The average Bonchev–Trinajstić information content (AvgIpc) is 2.99. The van der Waals surface area contributed by atoms with Gasteiger partial charge in [0.05, 0.1) is 0 Å². The molecule has 2 aliphatic heterocycles. The first kappa shape index (κ1) is 20.2. The molecule has 2 amide bonds. The van der Waals surface area contributed by atoms with E-state index in [-0.39, 0.29) is 33.2 Å². The first-order chi connectivity index (χ1) is 13.3. The van der Waals surface area contributed by atoms with E-state index in [1.807, 2.05) is 0 Å². The number of carboxylic acid groups (broad SMARTS) is 1. The minimum absolute atomic E-state index is 0.0248. The van der Waals surface area contributed by atoms with E-state index in [1.165, 1.54) is 23.9 Å². The third kappa shape index (κ3) is 3.70. The SMILES string of the molecule is C=CCO/N=C(/C(=O)NC1C(=O)N2C(C(=O)O)=CCS[C@H]12)c1nc(N)sc1Cl. The summed E-state index contributed by atoms with van der Waals surface area (Å²) in [6, 6.07) is -0.917. The number of fused-ring (bicyclic) bond motifs is 1. The number of carbonyl (C=O) groups is 3. The monoisotopic (exact) mass is 443 g/mol. The third-order valence-corrected chi connectivity index (χ3v) is 6.01. The summed E-state index contributed by atoms with van der Waals surface area (Å²) in [5.74, 6) is -2.08. The van der Waals surface area contributed by atoms with E-state index in [1.54, 1.807) is 0 Å². The van der Waals surface area contributed by atoms with Crippen molar-refractivity contribution in [2.75, 3.05) is 18.1 Å². The molecule has 4 N–H and O–H groups in total. The smallest absolute Gasteiger partial charge is 0.352 e. The summed E-state index contributed by atoms with van der Waals surface area (Å²) in [7, 11) is 0. The Morgan fingerprint density at radius 3 is 2.96 bits per heavy atom. The van der Waals surface area contributed by atoms with Gasteiger partial charge in [0.1, 0.15) is 33.7 Å². The zero-order valence-electron chi connectivity index (χ0n) is 14.1. The molecule has 2 aliphatic rings. The van der Waals surface area contributed by atoms with Crippen molar-refractivity contribution in [3.8, 4) is 0 Å². The van der Waals surface area contributed by atoms with Gasteiger partial charge in [0.15, 0.2) is 10.8 Å². The van der Waals surface area contributed by atoms with E-state index in [2.05, 4.69) is 22.0 Å². The van der Waals surface area contributed by atoms with E-state index in [0.717, 1.165) is 16.2 Å². The number of carbonyl (C=O) groups excluding carboxylic acids is 2. The molecule has 1 fully saturated rings. The molecule has 13 heteroatoms. The van der Waals surface area contributed by atoms with Crippen molar-refractivity contribution in [3.63, 3.8) is 0 Å². The molecule has 3 rings (SSSR count). The van der Waals surface area contributed by atoms with Crippen molar-refractivity contribution in [2.45, 2.75) is 11.4 Å². The summed E-state index contributed by atoms with van der Waals surface area (Å²) < 4.78 is 0.137. The number of oxime groups is 1. The van der Waals surface area contributed by atoms with Crippen LogP contribution >= 0.6 is 34.7 Å². The van der Waals surface area contributed by atoms with Crippen molar-refractivity contribution < 1.29 is 24.3 Å². The second kappa shape index (κ2) is 8.20. The summed E-state index contributed by atoms with van der Waals surface area (Å²) >= 11 is 8.35. The predicted octanol–water partition coefficient (Wildman–Crippen LogP) is 0.654. The Balaban J connectivity index is 1.80. The molecular weight excluding hydrogens is 430 g/mol. The number of nitrogen functional groups attached to an aromatic ring is 1. The molecule has 1 aromatic heterocycles. The van der Waals surface area contributed by atoms with Crippen molar-refractivity contribution in [1.82, 2.24) is 15.2 Å². The number of aromatic nitrogens is 1. The number of β-lactam (4-membered cyclic amide) rings is 1. The minimum atomic E-state index is -1.20. The number of nitrogens with one attached hydrogen (secondary N) is 1. The molecular formula is C15H14ClN5O5S2. The summed E-state index contributed by atoms with van der Waals surface area (Å²) in [6.07, 6.45) is 2.88. The Bertz CT molecular complexity index is 915. The first-order valence-corrected chi connectivity index (χ1v) is 10.0. The van der Waals surface area contributed by atoms with Gasteiger partial charge in [-0.1, -0.05) is 40.7 Å².